The lowest BCUT2D eigenvalue weighted by Crippen LogP contribution is -2.15. The molecule has 0 bridgehead atoms. The van der Waals surface area contributed by atoms with Crippen LogP contribution in [0.5, 0.6) is 0 Å². The van der Waals surface area contributed by atoms with E-state index >= 15 is 0 Å². The fraction of sp³-hybridized carbons (Fsp3) is 0.600. The van der Waals surface area contributed by atoms with Crippen molar-refractivity contribution in [2.45, 2.75) is 58.5 Å². The first-order valence-corrected chi connectivity index (χ1v) is 8.94. The van der Waals surface area contributed by atoms with Crippen LogP contribution in [0.3, 0.4) is 0 Å². The minimum Gasteiger partial charge on any atom is -0.309 e. The monoisotopic (exact) mass is 307 g/mol. The number of nitrogens with one attached hydrogen (secondary N) is 1. The van der Waals surface area contributed by atoms with Gasteiger partial charge in [0.05, 0.1) is 21.4 Å². The summed E-state index contributed by atoms with van der Waals surface area (Å²) in [6, 6.07) is 0.752. The van der Waals surface area contributed by atoms with Crippen LogP contribution >= 0.6 is 22.7 Å². The van der Waals surface area contributed by atoms with Gasteiger partial charge in [-0.05, 0) is 25.7 Å². The maximum absolute atomic E-state index is 4.86. The third-order valence-corrected chi connectivity index (χ3v) is 5.34. The Morgan fingerprint density at radius 3 is 2.75 bits per heavy atom. The Bertz CT molecular complexity index is 582. The standard InChI is InChI=1S/C15H21N3S2/c1-9(2)15-13(7-16-11-4-5-11)20-14(18-15)6-12-8-19-10(3)17-12/h8-9,11,16H,4-7H2,1-3H3. The number of rotatable bonds is 6. The summed E-state index contributed by atoms with van der Waals surface area (Å²) >= 11 is 3.57. The van der Waals surface area contributed by atoms with E-state index in [0.717, 1.165) is 29.7 Å². The average Bonchev–Trinajstić information content (AvgIpc) is 3.01. The van der Waals surface area contributed by atoms with Crippen molar-refractivity contribution in [1.82, 2.24) is 15.3 Å². The van der Waals surface area contributed by atoms with Gasteiger partial charge in [0, 0.05) is 29.3 Å². The fourth-order valence-corrected chi connectivity index (χ4v) is 4.04. The van der Waals surface area contributed by atoms with E-state index in [9.17, 15) is 0 Å². The first-order chi connectivity index (χ1) is 9.61. The number of hydrogen-bond donors (Lipinski definition) is 1. The average molecular weight is 307 g/mol. The van der Waals surface area contributed by atoms with E-state index in [1.807, 2.05) is 11.3 Å². The number of hydrogen-bond acceptors (Lipinski definition) is 5. The Kier molecular flexibility index (Phi) is 4.19. The normalized spacial score (nSPS) is 15.2. The van der Waals surface area contributed by atoms with E-state index in [1.54, 1.807) is 11.3 Å². The molecule has 0 amide bonds. The molecule has 2 heterocycles. The van der Waals surface area contributed by atoms with Crippen molar-refractivity contribution < 1.29 is 0 Å². The third kappa shape index (κ3) is 3.45. The van der Waals surface area contributed by atoms with E-state index in [0.29, 0.717) is 5.92 Å². The summed E-state index contributed by atoms with van der Waals surface area (Å²) < 4.78 is 0. The minimum atomic E-state index is 0.494. The van der Waals surface area contributed by atoms with Crippen LogP contribution in [-0.2, 0) is 13.0 Å². The highest BCUT2D eigenvalue weighted by Gasteiger charge is 2.22. The number of thiazole rings is 2. The van der Waals surface area contributed by atoms with Gasteiger partial charge in [0.2, 0.25) is 0 Å². The molecule has 0 aliphatic heterocycles. The highest BCUT2D eigenvalue weighted by atomic mass is 32.1. The summed E-state index contributed by atoms with van der Waals surface area (Å²) in [4.78, 5) is 10.8. The maximum atomic E-state index is 4.86. The van der Waals surface area contributed by atoms with Gasteiger partial charge in [-0.2, -0.15) is 0 Å². The van der Waals surface area contributed by atoms with Gasteiger partial charge in [-0.15, -0.1) is 22.7 Å². The van der Waals surface area contributed by atoms with E-state index in [2.05, 4.69) is 36.5 Å². The lowest BCUT2D eigenvalue weighted by molar-refractivity contribution is 0.680. The highest BCUT2D eigenvalue weighted by Crippen LogP contribution is 2.28. The van der Waals surface area contributed by atoms with E-state index in [4.69, 9.17) is 4.98 Å². The molecule has 0 unspecified atom stereocenters. The Balaban J connectivity index is 1.74. The van der Waals surface area contributed by atoms with Gasteiger partial charge in [-0.25, -0.2) is 9.97 Å². The lowest BCUT2D eigenvalue weighted by atomic mass is 10.1. The maximum Gasteiger partial charge on any atom is 0.0991 e. The van der Waals surface area contributed by atoms with Crippen LogP contribution in [0.4, 0.5) is 0 Å². The van der Waals surface area contributed by atoms with Gasteiger partial charge < -0.3 is 5.32 Å². The molecule has 1 aliphatic rings. The van der Waals surface area contributed by atoms with Gasteiger partial charge in [-0.3, -0.25) is 0 Å². The van der Waals surface area contributed by atoms with E-state index in [1.165, 1.54) is 28.4 Å². The van der Waals surface area contributed by atoms with Crippen molar-refractivity contribution in [3.05, 3.63) is 31.7 Å². The van der Waals surface area contributed by atoms with Gasteiger partial charge in [-0.1, -0.05) is 13.8 Å². The van der Waals surface area contributed by atoms with Crippen LogP contribution in [0.1, 0.15) is 58.9 Å². The van der Waals surface area contributed by atoms with Crippen LogP contribution in [0.15, 0.2) is 5.38 Å². The first-order valence-electron chi connectivity index (χ1n) is 7.24. The van der Waals surface area contributed by atoms with Crippen LogP contribution in [-0.4, -0.2) is 16.0 Å². The molecule has 0 saturated heterocycles. The molecule has 3 rings (SSSR count). The SMILES string of the molecule is Cc1nc(Cc2nc(C(C)C)c(CNC3CC3)s2)cs1. The largest absolute Gasteiger partial charge is 0.309 e. The summed E-state index contributed by atoms with van der Waals surface area (Å²) in [5.74, 6) is 0.494. The summed E-state index contributed by atoms with van der Waals surface area (Å²) in [6.07, 6.45) is 3.54. The molecule has 1 N–H and O–H groups in total. The van der Waals surface area contributed by atoms with Gasteiger partial charge in [0.1, 0.15) is 0 Å². The third-order valence-electron chi connectivity index (χ3n) is 3.45. The second kappa shape index (κ2) is 5.92. The molecular formula is C15H21N3S2. The van der Waals surface area contributed by atoms with E-state index < -0.39 is 0 Å². The molecule has 0 radical (unpaired) electrons. The molecule has 108 valence electrons. The number of nitrogens with zero attached hydrogens (tertiary/aromatic N) is 2. The number of aromatic nitrogens is 2. The number of aryl methyl sites for hydroxylation is 1. The van der Waals surface area contributed by atoms with Crippen LogP contribution in [0, 0.1) is 6.92 Å². The molecule has 1 saturated carbocycles. The Morgan fingerprint density at radius 1 is 1.35 bits per heavy atom. The summed E-state index contributed by atoms with van der Waals surface area (Å²) in [6.45, 7) is 7.49. The molecule has 5 heteroatoms. The topological polar surface area (TPSA) is 37.8 Å². The molecule has 0 spiro atoms. The van der Waals surface area contributed by atoms with Crippen LogP contribution < -0.4 is 5.32 Å². The van der Waals surface area contributed by atoms with Gasteiger partial charge in [0.25, 0.3) is 0 Å². The van der Waals surface area contributed by atoms with Crippen molar-refractivity contribution in [2.75, 3.05) is 0 Å². The van der Waals surface area contributed by atoms with Gasteiger partial charge in [0.15, 0.2) is 0 Å². The van der Waals surface area contributed by atoms with Crippen molar-refractivity contribution >= 4 is 22.7 Å². The fourth-order valence-electron chi connectivity index (χ4n) is 2.24. The van der Waals surface area contributed by atoms with Crippen LogP contribution in [0.25, 0.3) is 0 Å². The van der Waals surface area contributed by atoms with Crippen molar-refractivity contribution in [2.24, 2.45) is 0 Å². The minimum absolute atomic E-state index is 0.494. The van der Waals surface area contributed by atoms with E-state index in [-0.39, 0.29) is 0 Å². The summed E-state index contributed by atoms with van der Waals surface area (Å²) in [5.41, 5.74) is 2.42. The Hall–Kier alpha value is -0.780. The predicted molar refractivity (Wildman–Crippen MR) is 85.7 cm³/mol. The first kappa shape index (κ1) is 14.2. The molecular weight excluding hydrogens is 286 g/mol. The zero-order chi connectivity index (χ0) is 14.1. The molecule has 1 aliphatic carbocycles. The second-order valence-electron chi connectivity index (χ2n) is 5.76. The second-order valence-corrected chi connectivity index (χ2v) is 7.99. The molecule has 0 atom stereocenters. The molecule has 3 nitrogen and oxygen atoms in total. The molecule has 2 aromatic rings. The smallest absolute Gasteiger partial charge is 0.0991 e. The molecule has 1 fully saturated rings. The molecule has 20 heavy (non-hydrogen) atoms. The van der Waals surface area contributed by atoms with Gasteiger partial charge >= 0.3 is 0 Å². The molecule has 0 aromatic carbocycles. The zero-order valence-corrected chi connectivity index (χ0v) is 13.9. The Labute approximate surface area is 128 Å². The van der Waals surface area contributed by atoms with Crippen molar-refractivity contribution in [1.29, 1.82) is 0 Å². The lowest BCUT2D eigenvalue weighted by Gasteiger charge is -2.05. The predicted octanol–water partition coefficient (Wildman–Crippen LogP) is 3.87. The van der Waals surface area contributed by atoms with Crippen LogP contribution in [0.2, 0.25) is 0 Å². The van der Waals surface area contributed by atoms with Crippen molar-refractivity contribution in [3.8, 4) is 0 Å². The highest BCUT2D eigenvalue weighted by molar-refractivity contribution is 7.11. The van der Waals surface area contributed by atoms with Crippen molar-refractivity contribution in [3.63, 3.8) is 0 Å². The quantitative estimate of drug-likeness (QED) is 0.880. The summed E-state index contributed by atoms with van der Waals surface area (Å²) in [7, 11) is 0. The zero-order valence-electron chi connectivity index (χ0n) is 12.3. The Morgan fingerprint density at radius 2 is 2.15 bits per heavy atom. The molecule has 2 aromatic heterocycles. The summed E-state index contributed by atoms with van der Waals surface area (Å²) in [5, 5.41) is 8.09.